The topological polar surface area (TPSA) is 64.6 Å². The molecule has 0 atom stereocenters. The van der Waals surface area contributed by atoms with Crippen LogP contribution >= 0.6 is 0 Å². The molecule has 1 aliphatic carbocycles. The molecule has 0 amide bonds. The number of anilines is 1. The summed E-state index contributed by atoms with van der Waals surface area (Å²) >= 11 is 0. The van der Waals surface area contributed by atoms with Crippen molar-refractivity contribution in [3.63, 3.8) is 0 Å². The second-order valence-corrected chi connectivity index (χ2v) is 9.35. The number of rotatable bonds is 5. The van der Waals surface area contributed by atoms with Crippen molar-refractivity contribution in [2.75, 3.05) is 25.2 Å². The molecule has 0 spiro atoms. The Hall–Kier alpha value is -3.25. The first-order valence-corrected chi connectivity index (χ1v) is 11.9. The molecule has 3 aromatic rings. The zero-order valence-electron chi connectivity index (χ0n) is 17.8. The maximum Gasteiger partial charge on any atom is 0.229 e. The summed E-state index contributed by atoms with van der Waals surface area (Å²) in [6, 6.07) is 19.7. The van der Waals surface area contributed by atoms with Gasteiger partial charge in [-0.3, -0.25) is 4.72 Å². The molecule has 160 valence electrons. The van der Waals surface area contributed by atoms with Gasteiger partial charge in [0.25, 0.3) is 0 Å². The molecule has 4 rings (SSSR count). The van der Waals surface area contributed by atoms with Crippen molar-refractivity contribution in [1.82, 2.24) is 0 Å². The van der Waals surface area contributed by atoms with Gasteiger partial charge in [-0.05, 0) is 88.7 Å². The highest BCUT2D eigenvalue weighted by Gasteiger charge is 2.19. The zero-order valence-corrected chi connectivity index (χ0v) is 18.6. The maximum atomic E-state index is 11.6. The van der Waals surface area contributed by atoms with Crippen molar-refractivity contribution in [3.05, 3.63) is 88.5 Å². The molecular formula is C25H25NO4S. The maximum absolute atomic E-state index is 11.6. The van der Waals surface area contributed by atoms with Gasteiger partial charge >= 0.3 is 0 Å². The lowest BCUT2D eigenvalue weighted by atomic mass is 9.92. The second kappa shape index (κ2) is 8.47. The van der Waals surface area contributed by atoms with E-state index < -0.39 is 10.0 Å². The van der Waals surface area contributed by atoms with Crippen LogP contribution in [0.1, 0.15) is 27.8 Å². The lowest BCUT2D eigenvalue weighted by molar-refractivity contribution is 0.414. The average molecular weight is 436 g/mol. The third-order valence-corrected chi connectivity index (χ3v) is 5.98. The summed E-state index contributed by atoms with van der Waals surface area (Å²) < 4.78 is 36.7. The molecule has 6 heteroatoms. The fourth-order valence-corrected chi connectivity index (χ4v) is 4.53. The third-order valence-electron chi connectivity index (χ3n) is 5.37. The fourth-order valence-electron chi connectivity index (χ4n) is 3.98. The van der Waals surface area contributed by atoms with Crippen molar-refractivity contribution in [1.29, 1.82) is 0 Å². The minimum Gasteiger partial charge on any atom is -0.497 e. The SMILES string of the molecule is COc1ccc2c(c1)CCc1cc(OC)ccc1C2=Cc1cccc(NS(C)(=O)=O)c1. The molecule has 0 saturated carbocycles. The van der Waals surface area contributed by atoms with E-state index in [-0.39, 0.29) is 0 Å². The van der Waals surface area contributed by atoms with Gasteiger partial charge in [-0.25, -0.2) is 8.42 Å². The van der Waals surface area contributed by atoms with E-state index in [1.54, 1.807) is 20.3 Å². The number of hydrogen-bond donors (Lipinski definition) is 1. The summed E-state index contributed by atoms with van der Waals surface area (Å²) in [7, 11) is 0.00729. The summed E-state index contributed by atoms with van der Waals surface area (Å²) in [4.78, 5) is 0. The molecule has 0 unspecified atom stereocenters. The molecule has 0 radical (unpaired) electrons. The molecule has 0 aliphatic heterocycles. The quantitative estimate of drug-likeness (QED) is 0.627. The van der Waals surface area contributed by atoms with Crippen LogP contribution in [-0.4, -0.2) is 28.9 Å². The molecule has 1 N–H and O–H groups in total. The number of sulfonamides is 1. The molecule has 31 heavy (non-hydrogen) atoms. The van der Waals surface area contributed by atoms with Crippen LogP contribution in [0.15, 0.2) is 60.7 Å². The van der Waals surface area contributed by atoms with Crippen molar-refractivity contribution in [2.24, 2.45) is 0 Å². The Morgan fingerprint density at radius 2 is 1.42 bits per heavy atom. The van der Waals surface area contributed by atoms with E-state index in [4.69, 9.17) is 9.47 Å². The van der Waals surface area contributed by atoms with Gasteiger partial charge in [0.05, 0.1) is 20.5 Å². The molecular weight excluding hydrogens is 410 g/mol. The predicted octanol–water partition coefficient (Wildman–Crippen LogP) is 4.76. The van der Waals surface area contributed by atoms with Crippen LogP contribution in [0.25, 0.3) is 11.6 Å². The predicted molar refractivity (Wildman–Crippen MR) is 125 cm³/mol. The van der Waals surface area contributed by atoms with E-state index in [1.165, 1.54) is 11.1 Å². The molecule has 0 fully saturated rings. The van der Waals surface area contributed by atoms with Gasteiger partial charge in [-0.1, -0.05) is 24.3 Å². The highest BCUT2D eigenvalue weighted by atomic mass is 32.2. The van der Waals surface area contributed by atoms with Gasteiger partial charge < -0.3 is 9.47 Å². The Morgan fingerprint density at radius 1 is 0.839 bits per heavy atom. The van der Waals surface area contributed by atoms with E-state index in [0.717, 1.165) is 52.9 Å². The molecule has 0 saturated heterocycles. The average Bonchev–Trinajstić information content (AvgIpc) is 2.89. The largest absolute Gasteiger partial charge is 0.497 e. The van der Waals surface area contributed by atoms with Crippen LogP contribution in [0.2, 0.25) is 0 Å². The number of hydrogen-bond acceptors (Lipinski definition) is 4. The first-order valence-electron chi connectivity index (χ1n) is 10.0. The number of ether oxygens (including phenoxy) is 2. The van der Waals surface area contributed by atoms with Gasteiger partial charge in [0.1, 0.15) is 11.5 Å². The Kier molecular flexibility index (Phi) is 5.74. The summed E-state index contributed by atoms with van der Waals surface area (Å²) in [5, 5.41) is 0. The van der Waals surface area contributed by atoms with Crippen LogP contribution in [0.5, 0.6) is 11.5 Å². The minimum atomic E-state index is -3.34. The van der Waals surface area contributed by atoms with E-state index >= 15 is 0 Å². The molecule has 1 aliphatic rings. The van der Waals surface area contributed by atoms with Crippen LogP contribution in [0, 0.1) is 0 Å². The smallest absolute Gasteiger partial charge is 0.229 e. The zero-order chi connectivity index (χ0) is 22.0. The van der Waals surface area contributed by atoms with Crippen molar-refractivity contribution in [3.8, 4) is 11.5 Å². The Morgan fingerprint density at radius 3 is 1.94 bits per heavy atom. The highest BCUT2D eigenvalue weighted by Crippen LogP contribution is 2.38. The standard InChI is InChI=1S/C25H25NO4S/c1-29-21-9-11-23-18(15-21)7-8-19-16-22(30-2)10-12-24(19)25(23)14-17-5-4-6-20(13-17)26-31(3,27)28/h4-6,9-16,26H,7-8H2,1-3H3. The second-order valence-electron chi connectivity index (χ2n) is 7.60. The van der Waals surface area contributed by atoms with E-state index in [0.29, 0.717) is 5.69 Å². The fraction of sp³-hybridized carbons (Fsp3) is 0.200. The van der Waals surface area contributed by atoms with Gasteiger partial charge in [-0.15, -0.1) is 0 Å². The highest BCUT2D eigenvalue weighted by molar-refractivity contribution is 7.92. The van der Waals surface area contributed by atoms with E-state index in [1.807, 2.05) is 30.3 Å². The molecule has 0 heterocycles. The Labute approximate surface area is 183 Å². The van der Waals surface area contributed by atoms with Crippen LogP contribution in [0.4, 0.5) is 5.69 Å². The summed E-state index contributed by atoms with van der Waals surface area (Å²) in [6.07, 6.45) is 5.03. The van der Waals surface area contributed by atoms with E-state index in [2.05, 4.69) is 35.1 Å². The number of fused-ring (bicyclic) bond motifs is 2. The minimum absolute atomic E-state index is 0.537. The lowest BCUT2D eigenvalue weighted by Gasteiger charge is -2.14. The third kappa shape index (κ3) is 4.75. The van der Waals surface area contributed by atoms with Gasteiger partial charge in [0, 0.05) is 5.69 Å². The van der Waals surface area contributed by atoms with Crippen molar-refractivity contribution >= 4 is 27.4 Å². The van der Waals surface area contributed by atoms with Crippen molar-refractivity contribution in [2.45, 2.75) is 12.8 Å². The normalized spacial score (nSPS) is 12.9. The van der Waals surface area contributed by atoms with Gasteiger partial charge in [0.15, 0.2) is 0 Å². The molecule has 0 aromatic heterocycles. The Bertz CT molecular complexity index is 1200. The number of aryl methyl sites for hydroxylation is 2. The molecule has 3 aromatic carbocycles. The summed E-state index contributed by atoms with van der Waals surface area (Å²) in [5.74, 6) is 1.67. The summed E-state index contributed by atoms with van der Waals surface area (Å²) in [6.45, 7) is 0. The van der Waals surface area contributed by atoms with Crippen LogP contribution in [0.3, 0.4) is 0 Å². The summed E-state index contributed by atoms with van der Waals surface area (Å²) in [5.41, 5.74) is 7.25. The number of methoxy groups -OCH3 is 2. The first kappa shape index (κ1) is 21.0. The number of benzene rings is 3. The van der Waals surface area contributed by atoms with Gasteiger partial charge in [0.2, 0.25) is 10.0 Å². The first-order chi connectivity index (χ1) is 14.9. The number of nitrogens with one attached hydrogen (secondary N) is 1. The van der Waals surface area contributed by atoms with Gasteiger partial charge in [-0.2, -0.15) is 0 Å². The van der Waals surface area contributed by atoms with Crippen molar-refractivity contribution < 1.29 is 17.9 Å². The lowest BCUT2D eigenvalue weighted by Crippen LogP contribution is -2.09. The Balaban J connectivity index is 1.88. The van der Waals surface area contributed by atoms with Crippen LogP contribution < -0.4 is 14.2 Å². The van der Waals surface area contributed by atoms with E-state index in [9.17, 15) is 8.42 Å². The molecule has 0 bridgehead atoms. The molecule has 5 nitrogen and oxygen atoms in total. The monoisotopic (exact) mass is 435 g/mol. The van der Waals surface area contributed by atoms with Crippen LogP contribution in [-0.2, 0) is 22.9 Å².